The Morgan fingerprint density at radius 2 is 1.50 bits per heavy atom. The van der Waals surface area contributed by atoms with Crippen molar-refractivity contribution in [1.29, 1.82) is 0 Å². The summed E-state index contributed by atoms with van der Waals surface area (Å²) in [5.41, 5.74) is 0.298. The van der Waals surface area contributed by atoms with Crippen LogP contribution in [0.3, 0.4) is 0 Å². The Morgan fingerprint density at radius 3 is 1.75 bits per heavy atom. The lowest BCUT2D eigenvalue weighted by Gasteiger charge is -2.38. The van der Waals surface area contributed by atoms with E-state index in [4.69, 9.17) is 0 Å². The highest BCUT2D eigenvalue weighted by Gasteiger charge is 2.29. The lowest BCUT2D eigenvalue weighted by atomic mass is 9.91. The zero-order chi connectivity index (χ0) is 9.99. The predicted octanol–water partition coefficient (Wildman–Crippen LogP) is 2.86. The SMILES string of the molecule is CSC(C)(C)CC(C)(C)N(C)C. The Morgan fingerprint density at radius 1 is 1.08 bits per heavy atom. The third kappa shape index (κ3) is 3.81. The molecular formula is C10H23NS. The number of rotatable bonds is 4. The van der Waals surface area contributed by atoms with Gasteiger partial charge < -0.3 is 4.90 Å². The smallest absolute Gasteiger partial charge is 0.0160 e. The minimum atomic E-state index is 0.298. The van der Waals surface area contributed by atoms with Gasteiger partial charge in [0.05, 0.1) is 0 Å². The molecule has 12 heavy (non-hydrogen) atoms. The Balaban J connectivity index is 4.23. The molecule has 0 spiro atoms. The van der Waals surface area contributed by atoms with Gasteiger partial charge in [-0.3, -0.25) is 0 Å². The summed E-state index contributed by atoms with van der Waals surface area (Å²) < 4.78 is 0.383. The molecule has 0 saturated carbocycles. The fourth-order valence-corrected chi connectivity index (χ4v) is 1.77. The Bertz CT molecular complexity index is 139. The molecule has 0 aliphatic carbocycles. The monoisotopic (exact) mass is 189 g/mol. The third-order valence-electron chi connectivity index (χ3n) is 2.62. The molecule has 1 nitrogen and oxygen atoms in total. The van der Waals surface area contributed by atoms with Crippen molar-refractivity contribution < 1.29 is 0 Å². The lowest BCUT2D eigenvalue weighted by Crippen LogP contribution is -2.42. The van der Waals surface area contributed by atoms with Gasteiger partial charge in [0.15, 0.2) is 0 Å². The van der Waals surface area contributed by atoms with Crippen LogP contribution in [0.5, 0.6) is 0 Å². The fourth-order valence-electron chi connectivity index (χ4n) is 1.27. The molecule has 74 valence electrons. The summed E-state index contributed by atoms with van der Waals surface area (Å²) in [5.74, 6) is 0. The van der Waals surface area contributed by atoms with E-state index in [1.807, 2.05) is 11.8 Å². The first-order valence-electron chi connectivity index (χ1n) is 4.44. The van der Waals surface area contributed by atoms with Crippen LogP contribution < -0.4 is 0 Å². The zero-order valence-corrected chi connectivity index (χ0v) is 10.4. The van der Waals surface area contributed by atoms with Gasteiger partial charge in [-0.25, -0.2) is 0 Å². The maximum Gasteiger partial charge on any atom is 0.0160 e. The highest BCUT2D eigenvalue weighted by atomic mass is 32.2. The molecule has 0 radical (unpaired) electrons. The number of nitrogens with zero attached hydrogens (tertiary/aromatic N) is 1. The molecule has 0 unspecified atom stereocenters. The van der Waals surface area contributed by atoms with Crippen molar-refractivity contribution in [1.82, 2.24) is 4.90 Å². The van der Waals surface area contributed by atoms with E-state index < -0.39 is 0 Å². The average Bonchev–Trinajstić information content (AvgIpc) is 1.85. The predicted molar refractivity (Wildman–Crippen MR) is 60.0 cm³/mol. The summed E-state index contributed by atoms with van der Waals surface area (Å²) in [6, 6.07) is 0. The molecule has 0 aromatic rings. The van der Waals surface area contributed by atoms with E-state index in [0.717, 1.165) is 0 Å². The molecule has 0 atom stereocenters. The van der Waals surface area contributed by atoms with Crippen LogP contribution in [0.2, 0.25) is 0 Å². The Labute approximate surface area is 81.9 Å². The van der Waals surface area contributed by atoms with E-state index in [-0.39, 0.29) is 0 Å². The van der Waals surface area contributed by atoms with Gasteiger partial charge in [-0.1, -0.05) is 13.8 Å². The fraction of sp³-hybridized carbons (Fsp3) is 1.00. The van der Waals surface area contributed by atoms with Crippen LogP contribution in [0, 0.1) is 0 Å². The van der Waals surface area contributed by atoms with Crippen molar-refractivity contribution in [3.05, 3.63) is 0 Å². The summed E-state index contributed by atoms with van der Waals surface area (Å²) in [5, 5.41) is 0. The van der Waals surface area contributed by atoms with Gasteiger partial charge in [-0.05, 0) is 40.6 Å². The lowest BCUT2D eigenvalue weighted by molar-refractivity contribution is 0.170. The van der Waals surface area contributed by atoms with E-state index in [1.165, 1.54) is 6.42 Å². The molecule has 0 aliphatic rings. The van der Waals surface area contributed by atoms with Crippen LogP contribution in [-0.4, -0.2) is 35.5 Å². The molecule has 0 N–H and O–H groups in total. The van der Waals surface area contributed by atoms with Gasteiger partial charge in [0.1, 0.15) is 0 Å². The van der Waals surface area contributed by atoms with Gasteiger partial charge in [-0.15, -0.1) is 0 Å². The van der Waals surface area contributed by atoms with Gasteiger partial charge in [-0.2, -0.15) is 11.8 Å². The number of hydrogen-bond acceptors (Lipinski definition) is 2. The van der Waals surface area contributed by atoms with Crippen molar-refractivity contribution in [3.63, 3.8) is 0 Å². The Hall–Kier alpha value is 0.310. The highest BCUT2D eigenvalue weighted by Crippen LogP contribution is 2.32. The van der Waals surface area contributed by atoms with Crippen LogP contribution >= 0.6 is 11.8 Å². The molecule has 0 aromatic carbocycles. The van der Waals surface area contributed by atoms with Gasteiger partial charge in [0.25, 0.3) is 0 Å². The van der Waals surface area contributed by atoms with E-state index in [9.17, 15) is 0 Å². The van der Waals surface area contributed by atoms with Crippen molar-refractivity contribution >= 4 is 11.8 Å². The molecule has 0 aromatic heterocycles. The summed E-state index contributed by atoms with van der Waals surface area (Å²) >= 11 is 1.94. The molecular weight excluding hydrogens is 166 g/mol. The average molecular weight is 189 g/mol. The van der Waals surface area contributed by atoms with Gasteiger partial charge in [0, 0.05) is 10.3 Å². The maximum atomic E-state index is 2.31. The van der Waals surface area contributed by atoms with Crippen molar-refractivity contribution in [2.75, 3.05) is 20.4 Å². The van der Waals surface area contributed by atoms with Crippen LogP contribution in [0.25, 0.3) is 0 Å². The van der Waals surface area contributed by atoms with Crippen molar-refractivity contribution in [3.8, 4) is 0 Å². The molecule has 0 amide bonds. The van der Waals surface area contributed by atoms with Crippen LogP contribution in [-0.2, 0) is 0 Å². The van der Waals surface area contributed by atoms with E-state index in [0.29, 0.717) is 10.3 Å². The zero-order valence-electron chi connectivity index (χ0n) is 9.56. The van der Waals surface area contributed by atoms with E-state index >= 15 is 0 Å². The molecule has 0 fully saturated rings. The van der Waals surface area contributed by atoms with E-state index in [1.54, 1.807) is 0 Å². The van der Waals surface area contributed by atoms with Crippen LogP contribution in [0.4, 0.5) is 0 Å². The molecule has 0 saturated heterocycles. The molecule has 0 rings (SSSR count). The topological polar surface area (TPSA) is 3.24 Å². The quantitative estimate of drug-likeness (QED) is 0.669. The summed E-state index contributed by atoms with van der Waals surface area (Å²) in [6.07, 6.45) is 3.40. The number of thioether (sulfide) groups is 1. The standard InChI is InChI=1S/C10H23NS/c1-9(2,11(5)6)8-10(3,4)12-7/h8H2,1-7H3. The Kier molecular flexibility index (Phi) is 4.12. The summed E-state index contributed by atoms with van der Waals surface area (Å²) in [7, 11) is 4.30. The van der Waals surface area contributed by atoms with Gasteiger partial charge in [0.2, 0.25) is 0 Å². The molecule has 0 aliphatic heterocycles. The van der Waals surface area contributed by atoms with Crippen molar-refractivity contribution in [2.24, 2.45) is 0 Å². The highest BCUT2D eigenvalue weighted by molar-refractivity contribution is 7.99. The normalized spacial score (nSPS) is 14.0. The van der Waals surface area contributed by atoms with Crippen LogP contribution in [0.15, 0.2) is 0 Å². The minimum Gasteiger partial charge on any atom is -0.304 e. The summed E-state index contributed by atoms with van der Waals surface area (Å²) in [6.45, 7) is 9.21. The largest absolute Gasteiger partial charge is 0.304 e. The second-order valence-electron chi connectivity index (χ2n) is 4.85. The third-order valence-corrected chi connectivity index (χ3v) is 3.87. The molecule has 2 heteroatoms. The first-order valence-corrected chi connectivity index (χ1v) is 5.66. The molecule has 0 bridgehead atoms. The van der Waals surface area contributed by atoms with Crippen molar-refractivity contribution in [2.45, 2.75) is 44.4 Å². The second-order valence-corrected chi connectivity index (χ2v) is 6.36. The molecule has 0 heterocycles. The minimum absolute atomic E-state index is 0.298. The first-order chi connectivity index (χ1) is 5.21. The maximum absolute atomic E-state index is 2.31. The van der Waals surface area contributed by atoms with Gasteiger partial charge >= 0.3 is 0 Å². The van der Waals surface area contributed by atoms with Crippen LogP contribution in [0.1, 0.15) is 34.1 Å². The first kappa shape index (κ1) is 12.3. The van der Waals surface area contributed by atoms with E-state index in [2.05, 4.69) is 52.9 Å². The number of hydrogen-bond donors (Lipinski definition) is 0. The second kappa shape index (κ2) is 4.01. The summed E-state index contributed by atoms with van der Waals surface area (Å²) in [4.78, 5) is 2.30.